The Kier molecular flexibility index (Phi) is 2.27. The molecular formula is C10H12N2O. The van der Waals surface area contributed by atoms with Gasteiger partial charge in [-0.25, -0.2) is 0 Å². The van der Waals surface area contributed by atoms with Crippen LogP contribution in [0.2, 0.25) is 0 Å². The van der Waals surface area contributed by atoms with Crippen LogP contribution in [-0.4, -0.2) is 18.2 Å². The lowest BCUT2D eigenvalue weighted by molar-refractivity contribution is 0.161. The highest BCUT2D eigenvalue weighted by atomic mass is 16.5. The van der Waals surface area contributed by atoms with E-state index in [0.29, 0.717) is 6.61 Å². The summed E-state index contributed by atoms with van der Waals surface area (Å²) in [4.78, 5) is 3.96. The van der Waals surface area contributed by atoms with E-state index < -0.39 is 0 Å². The van der Waals surface area contributed by atoms with Crippen LogP contribution in [0.3, 0.4) is 0 Å². The molecule has 0 fully saturated rings. The maximum absolute atomic E-state index is 5.81. The first-order valence-electron chi connectivity index (χ1n) is 4.34. The van der Waals surface area contributed by atoms with Gasteiger partial charge < -0.3 is 10.5 Å². The highest BCUT2D eigenvalue weighted by Gasteiger charge is 2.08. The predicted octanol–water partition coefficient (Wildman–Crippen LogP) is 1.47. The maximum Gasteiger partial charge on any atom is 0.0653 e. The van der Waals surface area contributed by atoms with Gasteiger partial charge in [0.1, 0.15) is 0 Å². The minimum absolute atomic E-state index is 0.692. The third-order valence-corrected chi connectivity index (χ3v) is 2.16. The van der Waals surface area contributed by atoms with Crippen LogP contribution in [0.4, 0.5) is 5.69 Å². The molecule has 2 rings (SSSR count). The predicted molar refractivity (Wildman–Crippen MR) is 52.1 cm³/mol. The Bertz CT molecular complexity index is 333. The molecule has 0 aromatic carbocycles. The highest BCUT2D eigenvalue weighted by Crippen LogP contribution is 2.24. The maximum atomic E-state index is 5.81. The number of rotatable bonds is 1. The number of pyridine rings is 1. The number of aromatic nitrogens is 1. The Morgan fingerprint density at radius 1 is 1.46 bits per heavy atom. The van der Waals surface area contributed by atoms with Crippen LogP contribution in [0, 0.1) is 0 Å². The fourth-order valence-electron chi connectivity index (χ4n) is 1.47. The number of nitrogens with two attached hydrogens (primary N) is 1. The number of nitrogen functional groups attached to an aromatic ring is 1. The van der Waals surface area contributed by atoms with Crippen LogP contribution in [0.15, 0.2) is 24.5 Å². The summed E-state index contributed by atoms with van der Waals surface area (Å²) >= 11 is 0. The topological polar surface area (TPSA) is 48.1 Å². The first-order valence-corrected chi connectivity index (χ1v) is 4.34. The van der Waals surface area contributed by atoms with Gasteiger partial charge in [0.25, 0.3) is 0 Å². The summed E-state index contributed by atoms with van der Waals surface area (Å²) in [5.41, 5.74) is 8.92. The van der Waals surface area contributed by atoms with E-state index in [1.807, 2.05) is 6.07 Å². The summed E-state index contributed by atoms with van der Waals surface area (Å²) < 4.78 is 5.23. The molecule has 13 heavy (non-hydrogen) atoms. The van der Waals surface area contributed by atoms with E-state index in [2.05, 4.69) is 11.1 Å². The van der Waals surface area contributed by atoms with Crippen molar-refractivity contribution in [2.24, 2.45) is 0 Å². The average Bonchev–Trinajstić information content (AvgIpc) is 2.20. The molecule has 0 atom stereocenters. The second-order valence-corrected chi connectivity index (χ2v) is 3.02. The van der Waals surface area contributed by atoms with E-state index >= 15 is 0 Å². The Hall–Kier alpha value is -1.35. The monoisotopic (exact) mass is 176 g/mol. The molecule has 0 radical (unpaired) electrons. The molecule has 0 aliphatic carbocycles. The van der Waals surface area contributed by atoms with Gasteiger partial charge in [0.15, 0.2) is 0 Å². The number of ether oxygens (including phenoxy) is 1. The van der Waals surface area contributed by atoms with Gasteiger partial charge in [-0.1, -0.05) is 6.08 Å². The molecule has 0 bridgehead atoms. The summed E-state index contributed by atoms with van der Waals surface area (Å²) in [6.07, 6.45) is 6.47. The Morgan fingerprint density at radius 3 is 3.08 bits per heavy atom. The third kappa shape index (κ3) is 1.70. The van der Waals surface area contributed by atoms with Gasteiger partial charge in [-0.05, 0) is 18.1 Å². The van der Waals surface area contributed by atoms with Crippen LogP contribution in [0.25, 0.3) is 5.57 Å². The van der Waals surface area contributed by atoms with Crippen molar-refractivity contribution < 1.29 is 4.74 Å². The zero-order chi connectivity index (χ0) is 9.10. The van der Waals surface area contributed by atoms with Crippen LogP contribution >= 0.6 is 0 Å². The molecule has 0 saturated carbocycles. The molecule has 0 spiro atoms. The van der Waals surface area contributed by atoms with Gasteiger partial charge in [-0.3, -0.25) is 4.98 Å². The molecule has 3 heteroatoms. The molecule has 0 unspecified atom stereocenters. The minimum Gasteiger partial charge on any atom is -0.397 e. The van der Waals surface area contributed by atoms with E-state index in [4.69, 9.17) is 10.5 Å². The van der Waals surface area contributed by atoms with Gasteiger partial charge in [0.2, 0.25) is 0 Å². The first kappa shape index (κ1) is 8.26. The van der Waals surface area contributed by atoms with E-state index in [-0.39, 0.29) is 0 Å². The van der Waals surface area contributed by atoms with E-state index in [1.165, 1.54) is 5.57 Å². The molecule has 2 heterocycles. The van der Waals surface area contributed by atoms with E-state index in [0.717, 1.165) is 24.3 Å². The van der Waals surface area contributed by atoms with Crippen molar-refractivity contribution in [1.29, 1.82) is 0 Å². The van der Waals surface area contributed by atoms with Gasteiger partial charge in [-0.2, -0.15) is 0 Å². The lowest BCUT2D eigenvalue weighted by Gasteiger charge is -2.14. The number of hydrogen-bond donors (Lipinski definition) is 1. The third-order valence-electron chi connectivity index (χ3n) is 2.16. The van der Waals surface area contributed by atoms with Gasteiger partial charge in [0, 0.05) is 11.8 Å². The van der Waals surface area contributed by atoms with Crippen LogP contribution in [-0.2, 0) is 4.74 Å². The summed E-state index contributed by atoms with van der Waals surface area (Å²) in [5.74, 6) is 0. The van der Waals surface area contributed by atoms with Gasteiger partial charge in [0.05, 0.1) is 25.1 Å². The standard InChI is InChI=1S/C10H12N2O/c11-10-7-12-4-1-9(10)8-2-5-13-6-3-8/h1-2,4,7H,3,5-6,11H2. The SMILES string of the molecule is Nc1cnccc1C1=CCOCC1. The minimum atomic E-state index is 0.692. The van der Waals surface area contributed by atoms with Crippen molar-refractivity contribution in [3.63, 3.8) is 0 Å². The molecule has 1 aromatic heterocycles. The first-order chi connectivity index (χ1) is 6.38. The average molecular weight is 176 g/mol. The molecule has 2 N–H and O–H groups in total. The molecule has 68 valence electrons. The van der Waals surface area contributed by atoms with Crippen molar-refractivity contribution >= 4 is 11.3 Å². The fourth-order valence-corrected chi connectivity index (χ4v) is 1.47. The molecule has 1 aliphatic heterocycles. The summed E-state index contributed by atoms with van der Waals surface area (Å²) in [5, 5.41) is 0. The van der Waals surface area contributed by atoms with E-state index in [1.54, 1.807) is 12.4 Å². The van der Waals surface area contributed by atoms with Crippen molar-refractivity contribution in [1.82, 2.24) is 4.98 Å². The van der Waals surface area contributed by atoms with Crippen molar-refractivity contribution in [3.8, 4) is 0 Å². The van der Waals surface area contributed by atoms with Crippen LogP contribution in [0.5, 0.6) is 0 Å². The van der Waals surface area contributed by atoms with Gasteiger partial charge in [-0.15, -0.1) is 0 Å². The smallest absolute Gasteiger partial charge is 0.0653 e. The van der Waals surface area contributed by atoms with Crippen LogP contribution in [0.1, 0.15) is 12.0 Å². The molecule has 0 amide bonds. The zero-order valence-electron chi connectivity index (χ0n) is 7.36. The summed E-state index contributed by atoms with van der Waals surface area (Å²) in [6.45, 7) is 1.48. The Morgan fingerprint density at radius 2 is 2.38 bits per heavy atom. The number of hydrogen-bond acceptors (Lipinski definition) is 3. The number of nitrogens with zero attached hydrogens (tertiary/aromatic N) is 1. The molecular weight excluding hydrogens is 164 g/mol. The van der Waals surface area contributed by atoms with Crippen molar-refractivity contribution in [2.75, 3.05) is 18.9 Å². The fraction of sp³-hybridized carbons (Fsp3) is 0.300. The zero-order valence-corrected chi connectivity index (χ0v) is 7.36. The quantitative estimate of drug-likeness (QED) is 0.704. The largest absolute Gasteiger partial charge is 0.397 e. The Labute approximate surface area is 77.2 Å². The number of anilines is 1. The lowest BCUT2D eigenvalue weighted by atomic mass is 10.0. The summed E-state index contributed by atoms with van der Waals surface area (Å²) in [6, 6.07) is 1.95. The molecule has 3 nitrogen and oxygen atoms in total. The molecule has 1 aliphatic rings. The van der Waals surface area contributed by atoms with Gasteiger partial charge >= 0.3 is 0 Å². The van der Waals surface area contributed by atoms with Crippen LogP contribution < -0.4 is 5.73 Å². The lowest BCUT2D eigenvalue weighted by Crippen LogP contribution is -2.05. The normalized spacial score (nSPS) is 16.8. The van der Waals surface area contributed by atoms with Crippen molar-refractivity contribution in [2.45, 2.75) is 6.42 Å². The summed E-state index contributed by atoms with van der Waals surface area (Å²) in [7, 11) is 0. The Balaban J connectivity index is 2.34. The molecule has 1 aromatic rings. The highest BCUT2D eigenvalue weighted by molar-refractivity contribution is 5.74. The van der Waals surface area contributed by atoms with E-state index in [9.17, 15) is 0 Å². The second kappa shape index (κ2) is 3.58. The molecule has 0 saturated heterocycles. The van der Waals surface area contributed by atoms with Crippen molar-refractivity contribution in [3.05, 3.63) is 30.1 Å². The second-order valence-electron chi connectivity index (χ2n) is 3.02.